The van der Waals surface area contributed by atoms with Crippen LogP contribution in [0.15, 0.2) is 78.0 Å². The van der Waals surface area contributed by atoms with Crippen LogP contribution >= 0.6 is 0 Å². The fraction of sp³-hybridized carbons (Fsp3) is 0.415. The van der Waals surface area contributed by atoms with E-state index >= 15 is 0 Å². The van der Waals surface area contributed by atoms with Gasteiger partial charge < -0.3 is 24.8 Å². The highest BCUT2D eigenvalue weighted by Crippen LogP contribution is 2.44. The molecule has 1 unspecified atom stereocenters. The van der Waals surface area contributed by atoms with Crippen molar-refractivity contribution in [3.05, 3.63) is 94.4 Å². The largest absolute Gasteiger partial charge is 0.489 e. The fourth-order valence-corrected chi connectivity index (χ4v) is 8.69. The first-order valence-electron chi connectivity index (χ1n) is 18.8. The number of benzene rings is 3. The second-order valence-corrected chi connectivity index (χ2v) is 15.5. The highest BCUT2D eigenvalue weighted by atomic mass is 32.2. The zero-order valence-electron chi connectivity index (χ0n) is 30.4. The van der Waals surface area contributed by atoms with Gasteiger partial charge in [-0.2, -0.15) is 0 Å². The van der Waals surface area contributed by atoms with Gasteiger partial charge in [0.1, 0.15) is 24.6 Å². The SMILES string of the molecule is CS(=O)N1CCN(c2ccc(N=O)cc2COc2ccc(-c3c(C4CCCCC4)c4ccc5cc4n3CC(=O)NCC/C=C\CCNC5=O)cc2)CC1. The molecule has 1 aliphatic carbocycles. The number of aromatic nitrogens is 1. The first kappa shape index (κ1) is 36.5. The molecule has 4 aromatic rings. The molecule has 2 N–H and O–H groups in total. The van der Waals surface area contributed by atoms with Crippen molar-refractivity contribution in [3.8, 4) is 17.0 Å². The summed E-state index contributed by atoms with van der Waals surface area (Å²) in [5.41, 5.74) is 6.87. The predicted octanol–water partition coefficient (Wildman–Crippen LogP) is 6.94. The van der Waals surface area contributed by atoms with Crippen molar-refractivity contribution in [1.82, 2.24) is 19.5 Å². The Labute approximate surface area is 313 Å². The molecule has 2 fully saturated rings. The molecule has 3 aliphatic rings. The van der Waals surface area contributed by atoms with Crippen LogP contribution in [-0.4, -0.2) is 70.4 Å². The van der Waals surface area contributed by atoms with Crippen LogP contribution in [0.2, 0.25) is 0 Å². The first-order valence-corrected chi connectivity index (χ1v) is 20.3. The van der Waals surface area contributed by atoms with E-state index in [9.17, 15) is 18.7 Å². The summed E-state index contributed by atoms with van der Waals surface area (Å²) in [6.45, 7) is 4.28. The summed E-state index contributed by atoms with van der Waals surface area (Å²) in [6, 6.07) is 19.4. The van der Waals surface area contributed by atoms with E-state index in [-0.39, 0.29) is 25.0 Å². The van der Waals surface area contributed by atoms with E-state index in [0.29, 0.717) is 62.2 Å². The van der Waals surface area contributed by atoms with Gasteiger partial charge in [0.05, 0.1) is 22.2 Å². The van der Waals surface area contributed by atoms with Crippen molar-refractivity contribution < 1.29 is 18.5 Å². The molecule has 2 amide bonds. The molecule has 1 saturated heterocycles. The minimum absolute atomic E-state index is 0.0661. The maximum atomic E-state index is 13.5. The molecule has 2 bridgehead atoms. The van der Waals surface area contributed by atoms with Crippen LogP contribution in [0.25, 0.3) is 22.2 Å². The molecule has 12 heteroatoms. The molecule has 11 nitrogen and oxygen atoms in total. The van der Waals surface area contributed by atoms with E-state index in [4.69, 9.17) is 4.74 Å². The zero-order valence-corrected chi connectivity index (χ0v) is 31.2. The highest BCUT2D eigenvalue weighted by Gasteiger charge is 2.28. The number of hydrogen-bond donors (Lipinski definition) is 2. The van der Waals surface area contributed by atoms with Gasteiger partial charge in [0, 0.05) is 67.7 Å². The molecule has 53 heavy (non-hydrogen) atoms. The molecule has 2 aliphatic heterocycles. The molecule has 3 aromatic carbocycles. The number of anilines is 1. The Morgan fingerprint density at radius 2 is 1.57 bits per heavy atom. The molecule has 1 saturated carbocycles. The van der Waals surface area contributed by atoms with Crippen molar-refractivity contribution in [2.75, 3.05) is 50.4 Å². The van der Waals surface area contributed by atoms with Crippen LogP contribution in [-0.2, 0) is 28.9 Å². The van der Waals surface area contributed by atoms with Crippen molar-refractivity contribution in [1.29, 1.82) is 0 Å². The summed E-state index contributed by atoms with van der Waals surface area (Å²) in [7, 11) is -1.01. The van der Waals surface area contributed by atoms with Gasteiger partial charge in [-0.1, -0.05) is 37.5 Å². The third kappa shape index (κ3) is 8.39. The number of carbonyl (C=O) groups excluding carboxylic acids is 2. The monoisotopic (exact) mass is 736 g/mol. The van der Waals surface area contributed by atoms with Gasteiger partial charge in [-0.05, 0) is 103 Å². The number of amides is 2. The van der Waals surface area contributed by atoms with E-state index in [1.807, 2.05) is 46.8 Å². The Hall–Kier alpha value is -4.81. The van der Waals surface area contributed by atoms with Gasteiger partial charge in [-0.25, -0.2) is 8.51 Å². The molecule has 1 aromatic heterocycles. The standard InChI is InChI=1S/C41H48N6O5S/c1-53(51)46-23-21-45(22-24-46)36-18-14-33(44-50)25-32(36)28-52-34-15-11-30(12-16-34)40-39(29-9-5-4-6-10-29)35-17-13-31-26-37(35)47(40)27-38(48)42-19-7-2-3-8-20-43-41(31)49/h2-3,11-18,25-26,29H,4-10,19-24,27-28H2,1H3,(H,42,48)(H,43,49)/b3-2-. The molecular weight excluding hydrogens is 689 g/mol. The molecule has 7 rings (SSSR count). The van der Waals surface area contributed by atoms with Gasteiger partial charge >= 0.3 is 0 Å². The van der Waals surface area contributed by atoms with Crippen molar-refractivity contribution in [2.45, 2.75) is 64.0 Å². The molecule has 0 radical (unpaired) electrons. The Morgan fingerprint density at radius 1 is 0.849 bits per heavy atom. The Morgan fingerprint density at radius 3 is 2.28 bits per heavy atom. The quantitative estimate of drug-likeness (QED) is 0.149. The second kappa shape index (κ2) is 16.9. The van der Waals surface area contributed by atoms with Gasteiger partial charge in [-0.15, -0.1) is 4.91 Å². The van der Waals surface area contributed by atoms with Gasteiger partial charge in [0.15, 0.2) is 0 Å². The lowest BCUT2D eigenvalue weighted by atomic mass is 9.81. The lowest BCUT2D eigenvalue weighted by Gasteiger charge is -2.35. The first-order chi connectivity index (χ1) is 25.9. The third-order valence-electron chi connectivity index (χ3n) is 10.7. The molecule has 1 atom stereocenters. The van der Waals surface area contributed by atoms with E-state index in [2.05, 4.69) is 43.5 Å². The average Bonchev–Trinajstić information content (AvgIpc) is 3.50. The number of piperazine rings is 1. The number of nitroso groups, excluding NO2 is 1. The molecule has 0 spiro atoms. The molecule has 3 heterocycles. The Bertz CT molecular complexity index is 2010. The maximum Gasteiger partial charge on any atom is 0.251 e. The number of carbonyl (C=O) groups is 2. The van der Waals surface area contributed by atoms with Gasteiger partial charge in [0.2, 0.25) is 5.91 Å². The summed E-state index contributed by atoms with van der Waals surface area (Å²) in [4.78, 5) is 40.4. The summed E-state index contributed by atoms with van der Waals surface area (Å²) < 4.78 is 22.4. The minimum Gasteiger partial charge on any atom is -0.489 e. The van der Waals surface area contributed by atoms with E-state index in [1.54, 1.807) is 18.4 Å². The van der Waals surface area contributed by atoms with Gasteiger partial charge in [-0.3, -0.25) is 9.59 Å². The van der Waals surface area contributed by atoms with Crippen LogP contribution in [0, 0.1) is 4.91 Å². The number of rotatable bonds is 8. The Balaban J connectivity index is 1.22. The molecule has 278 valence electrons. The van der Waals surface area contributed by atoms with E-state index in [1.165, 1.54) is 12.0 Å². The number of ether oxygens (including phenoxy) is 1. The lowest BCUT2D eigenvalue weighted by Crippen LogP contribution is -2.47. The number of fused-ring (bicyclic) bond motifs is 1. The van der Waals surface area contributed by atoms with E-state index < -0.39 is 11.0 Å². The number of nitrogens with zero attached hydrogens (tertiary/aromatic N) is 4. The summed E-state index contributed by atoms with van der Waals surface area (Å²) in [6.07, 6.45) is 13.0. The van der Waals surface area contributed by atoms with Crippen LogP contribution in [0.3, 0.4) is 0 Å². The topological polar surface area (TPSA) is 125 Å². The minimum atomic E-state index is -1.01. The average molecular weight is 737 g/mol. The second-order valence-electron chi connectivity index (χ2n) is 14.1. The van der Waals surface area contributed by atoms with Gasteiger partial charge in [0.25, 0.3) is 5.91 Å². The lowest BCUT2D eigenvalue weighted by molar-refractivity contribution is -0.121. The summed E-state index contributed by atoms with van der Waals surface area (Å²) in [5.74, 6) is 0.830. The molecular formula is C41H48N6O5S. The van der Waals surface area contributed by atoms with Crippen LogP contribution in [0.5, 0.6) is 5.75 Å². The summed E-state index contributed by atoms with van der Waals surface area (Å²) >= 11 is 0. The zero-order chi connectivity index (χ0) is 36.7. The predicted molar refractivity (Wildman–Crippen MR) is 211 cm³/mol. The van der Waals surface area contributed by atoms with Crippen molar-refractivity contribution in [2.24, 2.45) is 5.18 Å². The number of hydrogen-bond acceptors (Lipinski definition) is 7. The maximum absolute atomic E-state index is 13.5. The van der Waals surface area contributed by atoms with Crippen LogP contribution in [0.1, 0.15) is 72.3 Å². The van der Waals surface area contributed by atoms with E-state index in [0.717, 1.165) is 71.9 Å². The fourth-order valence-electron chi connectivity index (χ4n) is 8.01. The smallest absolute Gasteiger partial charge is 0.251 e. The van der Waals surface area contributed by atoms with Crippen molar-refractivity contribution in [3.63, 3.8) is 0 Å². The number of nitrogens with one attached hydrogen (secondary N) is 2. The normalized spacial score (nSPS) is 19.2. The third-order valence-corrected chi connectivity index (χ3v) is 11.8. The van der Waals surface area contributed by atoms with Crippen molar-refractivity contribution >= 4 is 45.1 Å². The highest BCUT2D eigenvalue weighted by molar-refractivity contribution is 7.81. The summed E-state index contributed by atoms with van der Waals surface area (Å²) in [5, 5.41) is 10.4. The van der Waals surface area contributed by atoms with Crippen LogP contribution < -0.4 is 20.3 Å². The Kier molecular flexibility index (Phi) is 11.7. The van der Waals surface area contributed by atoms with Crippen LogP contribution in [0.4, 0.5) is 11.4 Å².